The Kier molecular flexibility index (Phi) is 3.64. The van der Waals surface area contributed by atoms with Crippen LogP contribution in [0.4, 0.5) is 0 Å². The second kappa shape index (κ2) is 5.18. The van der Waals surface area contributed by atoms with E-state index in [-0.39, 0.29) is 6.04 Å². The van der Waals surface area contributed by atoms with Gasteiger partial charge in [-0.3, -0.25) is 0 Å². The summed E-state index contributed by atoms with van der Waals surface area (Å²) in [6.45, 7) is 3.19. The van der Waals surface area contributed by atoms with Gasteiger partial charge in [-0.2, -0.15) is 0 Å². The van der Waals surface area contributed by atoms with E-state index < -0.39 is 0 Å². The highest BCUT2D eigenvalue weighted by atomic mass is 14.9. The number of hydrogen-bond donors (Lipinski definition) is 1. The molecule has 0 saturated heterocycles. The molecular weight excluding hydrogens is 194 g/mol. The molecule has 16 heavy (non-hydrogen) atoms. The van der Waals surface area contributed by atoms with Crippen LogP contribution in [0, 0.1) is 18.3 Å². The van der Waals surface area contributed by atoms with E-state index in [0.717, 1.165) is 13.0 Å². The van der Waals surface area contributed by atoms with Gasteiger partial charge in [-0.25, -0.2) is 0 Å². The molecule has 1 saturated carbocycles. The molecule has 1 N–H and O–H groups in total. The maximum atomic E-state index is 5.58. The second-order valence-electron chi connectivity index (χ2n) is 4.52. The molecule has 1 aliphatic carbocycles. The third-order valence-electron chi connectivity index (χ3n) is 3.29. The molecular formula is C15H19N. The van der Waals surface area contributed by atoms with Crippen LogP contribution in [-0.2, 0) is 0 Å². The smallest absolute Gasteiger partial charge is 0.0721 e. The van der Waals surface area contributed by atoms with Gasteiger partial charge in [-0.1, -0.05) is 43.2 Å². The molecule has 1 fully saturated rings. The molecule has 3 unspecified atom stereocenters. The molecule has 0 bridgehead atoms. The van der Waals surface area contributed by atoms with Crippen molar-refractivity contribution in [3.63, 3.8) is 0 Å². The summed E-state index contributed by atoms with van der Waals surface area (Å²) in [5, 5.41) is 3.44. The summed E-state index contributed by atoms with van der Waals surface area (Å²) in [5.74, 6) is 4.20. The lowest BCUT2D eigenvalue weighted by Crippen LogP contribution is -2.30. The zero-order valence-corrected chi connectivity index (χ0v) is 9.82. The lowest BCUT2D eigenvalue weighted by atomic mass is 10.1. The predicted molar refractivity (Wildman–Crippen MR) is 68.2 cm³/mol. The van der Waals surface area contributed by atoms with E-state index in [1.54, 1.807) is 0 Å². The fourth-order valence-corrected chi connectivity index (χ4v) is 2.30. The van der Waals surface area contributed by atoms with Crippen LogP contribution in [0.1, 0.15) is 31.2 Å². The van der Waals surface area contributed by atoms with E-state index >= 15 is 0 Å². The topological polar surface area (TPSA) is 12.0 Å². The molecule has 0 heterocycles. The summed E-state index contributed by atoms with van der Waals surface area (Å²) in [6.07, 6.45) is 7.95. The second-order valence-corrected chi connectivity index (χ2v) is 4.52. The molecule has 1 nitrogen and oxygen atoms in total. The normalized spacial score (nSPS) is 24.8. The minimum absolute atomic E-state index is 0.255. The van der Waals surface area contributed by atoms with E-state index in [9.17, 15) is 0 Å². The highest BCUT2D eigenvalue weighted by molar-refractivity contribution is 5.28. The minimum atomic E-state index is 0.255. The first-order valence-electron chi connectivity index (χ1n) is 6.11. The van der Waals surface area contributed by atoms with Crippen LogP contribution in [0.3, 0.4) is 0 Å². The van der Waals surface area contributed by atoms with Gasteiger partial charge in [0, 0.05) is 0 Å². The molecule has 84 valence electrons. The SMILES string of the molecule is C#CC(NCCC)C1CC1c1ccccc1. The molecule has 0 spiro atoms. The maximum Gasteiger partial charge on any atom is 0.0721 e. The molecule has 3 atom stereocenters. The largest absolute Gasteiger partial charge is 0.303 e. The van der Waals surface area contributed by atoms with Crippen LogP contribution < -0.4 is 5.32 Å². The number of rotatable bonds is 5. The third kappa shape index (κ3) is 2.46. The molecule has 0 aliphatic heterocycles. The first-order chi connectivity index (χ1) is 7.86. The summed E-state index contributed by atoms with van der Waals surface area (Å²) >= 11 is 0. The van der Waals surface area contributed by atoms with E-state index in [4.69, 9.17) is 6.42 Å². The molecule has 2 rings (SSSR count). The monoisotopic (exact) mass is 213 g/mol. The summed E-state index contributed by atoms with van der Waals surface area (Å²) in [4.78, 5) is 0. The lowest BCUT2D eigenvalue weighted by molar-refractivity contribution is 0.542. The van der Waals surface area contributed by atoms with Crippen molar-refractivity contribution in [1.82, 2.24) is 5.32 Å². The van der Waals surface area contributed by atoms with E-state index in [1.807, 2.05) is 0 Å². The van der Waals surface area contributed by atoms with Crippen molar-refractivity contribution in [1.29, 1.82) is 0 Å². The predicted octanol–water partition coefficient (Wildman–Crippen LogP) is 2.79. The Morgan fingerprint density at radius 3 is 2.81 bits per heavy atom. The number of nitrogens with one attached hydrogen (secondary N) is 1. The van der Waals surface area contributed by atoms with Crippen molar-refractivity contribution >= 4 is 0 Å². The van der Waals surface area contributed by atoms with Crippen LogP contribution in [0.15, 0.2) is 30.3 Å². The van der Waals surface area contributed by atoms with E-state index in [1.165, 1.54) is 12.0 Å². The summed E-state index contributed by atoms with van der Waals surface area (Å²) in [7, 11) is 0. The van der Waals surface area contributed by atoms with Crippen molar-refractivity contribution in [2.75, 3.05) is 6.54 Å². The Hall–Kier alpha value is -1.26. The molecule has 1 aromatic rings. The summed E-state index contributed by atoms with van der Waals surface area (Å²) in [6, 6.07) is 10.9. The molecule has 0 aromatic heterocycles. The van der Waals surface area contributed by atoms with Crippen LogP contribution >= 0.6 is 0 Å². The van der Waals surface area contributed by atoms with Gasteiger partial charge in [-0.05, 0) is 36.8 Å². The Morgan fingerprint density at radius 1 is 1.44 bits per heavy atom. The summed E-state index contributed by atoms with van der Waals surface area (Å²) < 4.78 is 0. The third-order valence-corrected chi connectivity index (χ3v) is 3.29. The summed E-state index contributed by atoms with van der Waals surface area (Å²) in [5.41, 5.74) is 1.44. The first kappa shape index (κ1) is 11.2. The van der Waals surface area contributed by atoms with Crippen LogP contribution in [0.2, 0.25) is 0 Å². The van der Waals surface area contributed by atoms with Crippen LogP contribution in [-0.4, -0.2) is 12.6 Å². The van der Waals surface area contributed by atoms with Crippen molar-refractivity contribution < 1.29 is 0 Å². The zero-order chi connectivity index (χ0) is 11.4. The highest BCUT2D eigenvalue weighted by Crippen LogP contribution is 2.49. The molecule has 1 heteroatoms. The Morgan fingerprint density at radius 2 is 2.19 bits per heavy atom. The Balaban J connectivity index is 1.93. The van der Waals surface area contributed by atoms with Gasteiger partial charge in [0.1, 0.15) is 0 Å². The number of benzene rings is 1. The lowest BCUT2D eigenvalue weighted by Gasteiger charge is -2.11. The van der Waals surface area contributed by atoms with Gasteiger partial charge in [0.2, 0.25) is 0 Å². The zero-order valence-electron chi connectivity index (χ0n) is 9.82. The van der Waals surface area contributed by atoms with Crippen molar-refractivity contribution in [3.05, 3.63) is 35.9 Å². The minimum Gasteiger partial charge on any atom is -0.303 e. The van der Waals surface area contributed by atoms with Crippen molar-refractivity contribution in [2.24, 2.45) is 5.92 Å². The average Bonchev–Trinajstić information content (AvgIpc) is 3.12. The van der Waals surface area contributed by atoms with Gasteiger partial charge in [0.05, 0.1) is 6.04 Å². The number of terminal acetylenes is 1. The van der Waals surface area contributed by atoms with Gasteiger partial charge in [0.25, 0.3) is 0 Å². The van der Waals surface area contributed by atoms with E-state index in [0.29, 0.717) is 11.8 Å². The molecule has 0 amide bonds. The average molecular weight is 213 g/mol. The maximum absolute atomic E-state index is 5.58. The van der Waals surface area contributed by atoms with Gasteiger partial charge < -0.3 is 5.32 Å². The standard InChI is InChI=1S/C15H19N/c1-3-10-16-15(4-2)14-11-13(14)12-8-6-5-7-9-12/h2,5-9,13-16H,3,10-11H2,1H3. The Bertz CT molecular complexity index is 363. The molecule has 1 aromatic carbocycles. The number of hydrogen-bond acceptors (Lipinski definition) is 1. The highest BCUT2D eigenvalue weighted by Gasteiger charge is 2.42. The first-order valence-corrected chi connectivity index (χ1v) is 6.11. The van der Waals surface area contributed by atoms with Crippen molar-refractivity contribution in [3.8, 4) is 12.3 Å². The van der Waals surface area contributed by atoms with E-state index in [2.05, 4.69) is 48.5 Å². The van der Waals surface area contributed by atoms with Gasteiger partial charge >= 0.3 is 0 Å². The molecule has 1 aliphatic rings. The van der Waals surface area contributed by atoms with Crippen LogP contribution in [0.5, 0.6) is 0 Å². The van der Waals surface area contributed by atoms with Crippen LogP contribution in [0.25, 0.3) is 0 Å². The van der Waals surface area contributed by atoms with Crippen molar-refractivity contribution in [2.45, 2.75) is 31.7 Å². The fraction of sp³-hybridized carbons (Fsp3) is 0.467. The Labute approximate surface area is 98.3 Å². The van der Waals surface area contributed by atoms with Gasteiger partial charge in [0.15, 0.2) is 0 Å². The molecule has 0 radical (unpaired) electrons. The quantitative estimate of drug-likeness (QED) is 0.742. The van der Waals surface area contributed by atoms with Gasteiger partial charge in [-0.15, -0.1) is 6.42 Å². The fourth-order valence-electron chi connectivity index (χ4n) is 2.30.